The Bertz CT molecular complexity index is 840. The van der Waals surface area contributed by atoms with Crippen LogP contribution in [0, 0.1) is 11.7 Å². The minimum absolute atomic E-state index is 0.0507. The van der Waals surface area contributed by atoms with Crippen LogP contribution in [0.3, 0.4) is 0 Å². The second-order valence-electron chi connectivity index (χ2n) is 7.82. The van der Waals surface area contributed by atoms with Crippen LogP contribution in [0.5, 0.6) is 0 Å². The Balaban J connectivity index is 1.72. The summed E-state index contributed by atoms with van der Waals surface area (Å²) in [5.74, 6) is -0.503. The van der Waals surface area contributed by atoms with Crippen molar-refractivity contribution in [2.24, 2.45) is 5.92 Å². The number of rotatable bonds is 7. The van der Waals surface area contributed by atoms with Crippen molar-refractivity contribution in [3.8, 4) is 0 Å². The van der Waals surface area contributed by atoms with E-state index in [1.54, 1.807) is 12.1 Å². The van der Waals surface area contributed by atoms with Crippen molar-refractivity contribution in [3.63, 3.8) is 0 Å². The molecule has 1 unspecified atom stereocenters. The smallest absolute Gasteiger partial charge is 0.337 e. The highest BCUT2D eigenvalue weighted by molar-refractivity contribution is 5.90. The summed E-state index contributed by atoms with van der Waals surface area (Å²) in [5.41, 5.74) is 1.73. The normalized spacial score (nSPS) is 19.8. The molecule has 0 radical (unpaired) electrons. The van der Waals surface area contributed by atoms with Crippen LogP contribution in [0.2, 0.25) is 0 Å². The fourth-order valence-electron chi connectivity index (χ4n) is 3.71. The number of aryl methyl sites for hydroxylation is 2. The molecule has 0 amide bonds. The van der Waals surface area contributed by atoms with Crippen LogP contribution in [0.15, 0.2) is 65.9 Å². The molecule has 0 fully saturated rings. The SMILES string of the molecule is CC(C)C1(CCc2ccc(F)cc2)CC(O)=C(CCc2ccccc2)C(=O)O1. The van der Waals surface area contributed by atoms with E-state index >= 15 is 0 Å². The Morgan fingerprint density at radius 1 is 1.00 bits per heavy atom. The third-order valence-corrected chi connectivity index (χ3v) is 5.67. The number of hydrogen-bond donors (Lipinski definition) is 1. The zero-order valence-corrected chi connectivity index (χ0v) is 16.5. The van der Waals surface area contributed by atoms with Gasteiger partial charge in [0, 0.05) is 6.42 Å². The summed E-state index contributed by atoms with van der Waals surface area (Å²) < 4.78 is 19.0. The summed E-state index contributed by atoms with van der Waals surface area (Å²) in [6.45, 7) is 4.00. The Hall–Kier alpha value is -2.62. The zero-order chi connectivity index (χ0) is 20.1. The summed E-state index contributed by atoms with van der Waals surface area (Å²) in [6, 6.07) is 16.2. The molecule has 0 saturated heterocycles. The average molecular weight is 382 g/mol. The monoisotopic (exact) mass is 382 g/mol. The minimum atomic E-state index is -0.744. The maximum atomic E-state index is 13.1. The number of carbonyl (C=O) groups is 1. The van der Waals surface area contributed by atoms with Gasteiger partial charge < -0.3 is 9.84 Å². The molecule has 1 heterocycles. The lowest BCUT2D eigenvalue weighted by Crippen LogP contribution is -2.45. The molecule has 1 aliphatic heterocycles. The number of cyclic esters (lactones) is 1. The highest BCUT2D eigenvalue weighted by Gasteiger charge is 2.43. The molecule has 0 aromatic heterocycles. The van der Waals surface area contributed by atoms with Gasteiger partial charge in [-0.1, -0.05) is 56.3 Å². The number of aliphatic hydroxyl groups is 1. The van der Waals surface area contributed by atoms with Gasteiger partial charge in [-0.15, -0.1) is 0 Å². The zero-order valence-electron chi connectivity index (χ0n) is 16.5. The summed E-state index contributed by atoms with van der Waals surface area (Å²) in [4.78, 5) is 12.7. The highest BCUT2D eigenvalue weighted by Crippen LogP contribution is 2.39. The van der Waals surface area contributed by atoms with Gasteiger partial charge in [-0.3, -0.25) is 0 Å². The molecule has 28 heavy (non-hydrogen) atoms. The lowest BCUT2D eigenvalue weighted by Gasteiger charge is -2.40. The van der Waals surface area contributed by atoms with E-state index < -0.39 is 11.6 Å². The lowest BCUT2D eigenvalue weighted by atomic mass is 9.78. The van der Waals surface area contributed by atoms with Gasteiger partial charge in [0.15, 0.2) is 0 Å². The first kappa shape index (κ1) is 20.1. The van der Waals surface area contributed by atoms with Gasteiger partial charge >= 0.3 is 5.97 Å². The Morgan fingerprint density at radius 2 is 1.64 bits per heavy atom. The highest BCUT2D eigenvalue weighted by atomic mass is 19.1. The number of esters is 1. The Labute approximate surface area is 165 Å². The summed E-state index contributed by atoms with van der Waals surface area (Å²) in [5, 5.41) is 10.7. The second-order valence-corrected chi connectivity index (χ2v) is 7.82. The first-order valence-corrected chi connectivity index (χ1v) is 9.82. The molecule has 0 spiro atoms. The van der Waals surface area contributed by atoms with Crippen LogP contribution in [0.1, 0.15) is 44.2 Å². The first-order valence-electron chi connectivity index (χ1n) is 9.82. The Kier molecular flexibility index (Phi) is 6.18. The maximum Gasteiger partial charge on any atom is 0.337 e. The molecule has 0 saturated carbocycles. The van der Waals surface area contributed by atoms with Gasteiger partial charge in [0.1, 0.15) is 17.2 Å². The van der Waals surface area contributed by atoms with Crippen molar-refractivity contribution >= 4 is 5.97 Å². The van der Waals surface area contributed by atoms with E-state index in [0.717, 1.165) is 11.1 Å². The lowest BCUT2D eigenvalue weighted by molar-refractivity contribution is -0.166. The first-order chi connectivity index (χ1) is 13.4. The number of ether oxygens (including phenoxy) is 1. The van der Waals surface area contributed by atoms with Crippen LogP contribution in [-0.4, -0.2) is 16.7 Å². The molecule has 1 atom stereocenters. The molecule has 2 aromatic rings. The van der Waals surface area contributed by atoms with E-state index in [2.05, 4.69) is 0 Å². The average Bonchev–Trinajstić information content (AvgIpc) is 2.67. The largest absolute Gasteiger partial charge is 0.512 e. The molecule has 1 N–H and O–H groups in total. The standard InChI is InChI=1S/C24H27FO3/c1-17(2)24(15-14-19-8-11-20(25)12-9-19)16-22(26)21(23(27)28-24)13-10-18-6-4-3-5-7-18/h3-9,11-12,17,26H,10,13-16H2,1-2H3. The maximum absolute atomic E-state index is 13.1. The summed E-state index contributed by atoms with van der Waals surface area (Å²) in [6.07, 6.45) is 2.69. The van der Waals surface area contributed by atoms with Crippen molar-refractivity contribution in [2.45, 2.75) is 51.6 Å². The number of halogens is 1. The molecule has 4 heteroatoms. The van der Waals surface area contributed by atoms with E-state index in [1.165, 1.54) is 12.1 Å². The van der Waals surface area contributed by atoms with Crippen LogP contribution in [0.25, 0.3) is 0 Å². The van der Waals surface area contributed by atoms with Crippen molar-refractivity contribution < 1.29 is 19.0 Å². The molecule has 148 valence electrons. The van der Waals surface area contributed by atoms with E-state index in [0.29, 0.717) is 37.7 Å². The third kappa shape index (κ3) is 4.61. The van der Waals surface area contributed by atoms with Gasteiger partial charge in [-0.05, 0) is 54.9 Å². The molecule has 2 aromatic carbocycles. The van der Waals surface area contributed by atoms with Gasteiger partial charge in [0.05, 0.1) is 5.57 Å². The molecule has 3 rings (SSSR count). The van der Waals surface area contributed by atoms with Gasteiger partial charge in [0.25, 0.3) is 0 Å². The van der Waals surface area contributed by atoms with Crippen molar-refractivity contribution in [1.82, 2.24) is 0 Å². The molecule has 1 aliphatic rings. The van der Waals surface area contributed by atoms with E-state index in [9.17, 15) is 14.3 Å². The van der Waals surface area contributed by atoms with Crippen LogP contribution < -0.4 is 0 Å². The molecule has 3 nitrogen and oxygen atoms in total. The topological polar surface area (TPSA) is 46.5 Å². The number of aliphatic hydroxyl groups excluding tert-OH is 1. The van der Waals surface area contributed by atoms with Gasteiger partial charge in [-0.2, -0.15) is 0 Å². The fourth-order valence-corrected chi connectivity index (χ4v) is 3.71. The van der Waals surface area contributed by atoms with Crippen LogP contribution in [-0.2, 0) is 22.4 Å². The predicted octanol–water partition coefficient (Wildman–Crippen LogP) is 5.54. The van der Waals surface area contributed by atoms with Crippen molar-refractivity contribution in [1.29, 1.82) is 0 Å². The quantitative estimate of drug-likeness (QED) is 0.639. The fraction of sp³-hybridized carbons (Fsp3) is 0.375. The molecule has 0 bridgehead atoms. The third-order valence-electron chi connectivity index (χ3n) is 5.67. The number of carbonyl (C=O) groups excluding carboxylic acids is 1. The Morgan fingerprint density at radius 3 is 2.25 bits per heavy atom. The van der Waals surface area contributed by atoms with Crippen molar-refractivity contribution in [2.75, 3.05) is 0 Å². The number of hydrogen-bond acceptors (Lipinski definition) is 3. The van der Waals surface area contributed by atoms with E-state index in [1.807, 2.05) is 44.2 Å². The summed E-state index contributed by atoms with van der Waals surface area (Å²) >= 11 is 0. The second kappa shape index (κ2) is 8.59. The molecule has 0 aliphatic carbocycles. The predicted molar refractivity (Wildman–Crippen MR) is 107 cm³/mol. The van der Waals surface area contributed by atoms with E-state index in [-0.39, 0.29) is 17.5 Å². The van der Waals surface area contributed by atoms with Crippen molar-refractivity contribution in [3.05, 3.63) is 82.9 Å². The van der Waals surface area contributed by atoms with Gasteiger partial charge in [-0.25, -0.2) is 9.18 Å². The summed E-state index contributed by atoms with van der Waals surface area (Å²) in [7, 11) is 0. The number of benzene rings is 2. The molecular weight excluding hydrogens is 355 g/mol. The van der Waals surface area contributed by atoms with Crippen LogP contribution >= 0.6 is 0 Å². The van der Waals surface area contributed by atoms with E-state index in [4.69, 9.17) is 4.74 Å². The minimum Gasteiger partial charge on any atom is -0.512 e. The van der Waals surface area contributed by atoms with Gasteiger partial charge in [0.2, 0.25) is 0 Å². The molecular formula is C24H27FO3. The van der Waals surface area contributed by atoms with Crippen LogP contribution in [0.4, 0.5) is 4.39 Å².